The van der Waals surface area contributed by atoms with Crippen molar-refractivity contribution < 1.29 is 14.6 Å². The largest absolute Gasteiger partial charge is 0.477 e. The van der Waals surface area contributed by atoms with Gasteiger partial charge in [-0.1, -0.05) is 6.07 Å². The van der Waals surface area contributed by atoms with Crippen LogP contribution < -0.4 is 4.90 Å². The minimum Gasteiger partial charge on any atom is -0.477 e. The van der Waals surface area contributed by atoms with E-state index in [0.717, 1.165) is 12.5 Å². The van der Waals surface area contributed by atoms with Gasteiger partial charge >= 0.3 is 5.97 Å². The number of aromatic carboxylic acids is 1. The summed E-state index contributed by atoms with van der Waals surface area (Å²) in [5, 5.41) is 8.87. The lowest BCUT2D eigenvalue weighted by atomic mass is 10.3. The molecule has 0 aliphatic heterocycles. The van der Waals surface area contributed by atoms with Gasteiger partial charge in [-0.15, -0.1) is 0 Å². The van der Waals surface area contributed by atoms with Crippen LogP contribution in [0.2, 0.25) is 0 Å². The van der Waals surface area contributed by atoms with Crippen molar-refractivity contribution in [3.8, 4) is 0 Å². The highest BCUT2D eigenvalue weighted by Gasteiger charge is 2.21. The Morgan fingerprint density at radius 3 is 3.00 bits per heavy atom. The second kappa shape index (κ2) is 5.82. The molecule has 0 amide bonds. The van der Waals surface area contributed by atoms with E-state index >= 15 is 0 Å². The molecular weight excluding hydrogens is 232 g/mol. The minimum absolute atomic E-state index is 0.0678. The van der Waals surface area contributed by atoms with Crippen LogP contribution in [0.25, 0.3) is 0 Å². The normalized spacial score (nSPS) is 14.5. The molecule has 0 saturated heterocycles. The highest BCUT2D eigenvalue weighted by Crippen LogP contribution is 2.28. The van der Waals surface area contributed by atoms with Crippen LogP contribution in [0, 0.1) is 5.92 Å². The molecule has 1 N–H and O–H groups in total. The van der Waals surface area contributed by atoms with E-state index in [1.54, 1.807) is 12.1 Å². The number of hydrogen-bond acceptors (Lipinski definition) is 4. The Bertz CT molecular complexity index is 418. The number of carboxylic acids is 1. The molecule has 1 aliphatic rings. The van der Waals surface area contributed by atoms with Crippen LogP contribution in [0.4, 0.5) is 5.82 Å². The molecule has 5 heteroatoms. The number of hydrogen-bond donors (Lipinski definition) is 1. The molecule has 1 saturated carbocycles. The number of rotatable bonds is 7. The van der Waals surface area contributed by atoms with Crippen molar-refractivity contribution in [2.45, 2.75) is 12.8 Å². The van der Waals surface area contributed by atoms with Gasteiger partial charge in [0.15, 0.2) is 5.69 Å². The molecule has 1 heterocycles. The number of carbonyl (C=O) groups is 1. The summed E-state index contributed by atoms with van der Waals surface area (Å²) in [7, 11) is 1.88. The maximum atomic E-state index is 10.8. The summed E-state index contributed by atoms with van der Waals surface area (Å²) in [4.78, 5) is 16.8. The smallest absolute Gasteiger partial charge is 0.354 e. The zero-order valence-corrected chi connectivity index (χ0v) is 10.5. The lowest BCUT2D eigenvalue weighted by molar-refractivity contribution is 0.0690. The highest BCUT2D eigenvalue weighted by atomic mass is 16.5. The maximum Gasteiger partial charge on any atom is 0.354 e. The molecule has 98 valence electrons. The fraction of sp³-hybridized carbons (Fsp3) is 0.538. The standard InChI is InChI=1S/C13H18N2O3/c1-15(7-8-18-9-10-5-6-10)12-4-2-3-11(14-12)13(16)17/h2-4,10H,5-9H2,1H3,(H,16,17). The molecule has 0 radical (unpaired) electrons. The SMILES string of the molecule is CN(CCOCC1CC1)c1cccc(C(=O)O)n1. The lowest BCUT2D eigenvalue weighted by Crippen LogP contribution is -2.24. The Morgan fingerprint density at radius 1 is 1.56 bits per heavy atom. The first-order valence-corrected chi connectivity index (χ1v) is 6.16. The molecule has 0 aromatic carbocycles. The van der Waals surface area contributed by atoms with Crippen LogP contribution in [0.15, 0.2) is 18.2 Å². The Kier molecular flexibility index (Phi) is 4.15. The molecule has 1 aromatic rings. The number of carboxylic acid groups (broad SMARTS) is 1. The van der Waals surface area contributed by atoms with Crippen molar-refractivity contribution in [3.05, 3.63) is 23.9 Å². The zero-order chi connectivity index (χ0) is 13.0. The Morgan fingerprint density at radius 2 is 2.33 bits per heavy atom. The van der Waals surface area contributed by atoms with E-state index in [4.69, 9.17) is 9.84 Å². The van der Waals surface area contributed by atoms with E-state index in [2.05, 4.69) is 4.98 Å². The number of aromatic nitrogens is 1. The molecular formula is C13H18N2O3. The van der Waals surface area contributed by atoms with Gasteiger partial charge in [0.25, 0.3) is 0 Å². The van der Waals surface area contributed by atoms with Crippen molar-refractivity contribution >= 4 is 11.8 Å². The molecule has 0 unspecified atom stereocenters. The van der Waals surface area contributed by atoms with Crippen molar-refractivity contribution in [3.63, 3.8) is 0 Å². The van der Waals surface area contributed by atoms with Gasteiger partial charge in [0.2, 0.25) is 0 Å². The lowest BCUT2D eigenvalue weighted by Gasteiger charge is -2.18. The summed E-state index contributed by atoms with van der Waals surface area (Å²) in [6, 6.07) is 4.99. The average molecular weight is 250 g/mol. The number of anilines is 1. The summed E-state index contributed by atoms with van der Waals surface area (Å²) in [6.45, 7) is 2.20. The monoisotopic (exact) mass is 250 g/mol. The fourth-order valence-electron chi connectivity index (χ4n) is 1.61. The van der Waals surface area contributed by atoms with Crippen LogP contribution in [0.1, 0.15) is 23.3 Å². The number of pyridine rings is 1. The van der Waals surface area contributed by atoms with Crippen molar-refractivity contribution in [1.82, 2.24) is 4.98 Å². The van der Waals surface area contributed by atoms with E-state index < -0.39 is 5.97 Å². The third kappa shape index (κ3) is 3.70. The van der Waals surface area contributed by atoms with Gasteiger partial charge in [-0.3, -0.25) is 0 Å². The van der Waals surface area contributed by atoms with Crippen LogP contribution >= 0.6 is 0 Å². The van der Waals surface area contributed by atoms with E-state index in [0.29, 0.717) is 19.0 Å². The van der Waals surface area contributed by atoms with Gasteiger partial charge in [0.05, 0.1) is 6.61 Å². The van der Waals surface area contributed by atoms with Gasteiger partial charge < -0.3 is 14.7 Å². The van der Waals surface area contributed by atoms with Gasteiger partial charge in [-0.2, -0.15) is 0 Å². The van der Waals surface area contributed by atoms with Crippen molar-refractivity contribution in [2.75, 3.05) is 31.7 Å². The topological polar surface area (TPSA) is 62.7 Å². The van der Waals surface area contributed by atoms with Crippen LogP contribution in [-0.2, 0) is 4.74 Å². The van der Waals surface area contributed by atoms with Crippen LogP contribution in [-0.4, -0.2) is 42.9 Å². The highest BCUT2D eigenvalue weighted by molar-refractivity contribution is 5.85. The van der Waals surface area contributed by atoms with E-state index in [-0.39, 0.29) is 5.69 Å². The quantitative estimate of drug-likeness (QED) is 0.745. The third-order valence-electron chi connectivity index (χ3n) is 2.97. The summed E-state index contributed by atoms with van der Waals surface area (Å²) in [5.41, 5.74) is 0.0678. The summed E-state index contributed by atoms with van der Waals surface area (Å²) in [5.74, 6) is 0.420. The summed E-state index contributed by atoms with van der Waals surface area (Å²) in [6.07, 6.45) is 2.58. The molecule has 1 aliphatic carbocycles. The maximum absolute atomic E-state index is 10.8. The molecule has 18 heavy (non-hydrogen) atoms. The van der Waals surface area contributed by atoms with Crippen LogP contribution in [0.5, 0.6) is 0 Å². The molecule has 1 fully saturated rings. The van der Waals surface area contributed by atoms with Gasteiger partial charge in [0.1, 0.15) is 5.82 Å². The molecule has 0 spiro atoms. The first kappa shape index (κ1) is 12.8. The molecule has 5 nitrogen and oxygen atoms in total. The first-order chi connectivity index (χ1) is 8.66. The summed E-state index contributed by atoms with van der Waals surface area (Å²) < 4.78 is 5.54. The number of nitrogens with zero attached hydrogens (tertiary/aromatic N) is 2. The molecule has 1 aromatic heterocycles. The van der Waals surface area contributed by atoms with E-state index in [1.807, 2.05) is 11.9 Å². The summed E-state index contributed by atoms with van der Waals surface area (Å²) >= 11 is 0. The average Bonchev–Trinajstić information content (AvgIpc) is 3.18. The van der Waals surface area contributed by atoms with Gasteiger partial charge in [0, 0.05) is 20.2 Å². The number of likely N-dealkylation sites (N-methyl/N-ethyl adjacent to an activating group) is 1. The Balaban J connectivity index is 1.81. The third-order valence-corrected chi connectivity index (χ3v) is 2.97. The molecule has 0 bridgehead atoms. The van der Waals surface area contributed by atoms with Crippen molar-refractivity contribution in [2.24, 2.45) is 5.92 Å². The van der Waals surface area contributed by atoms with E-state index in [9.17, 15) is 4.79 Å². The predicted molar refractivity (Wildman–Crippen MR) is 68.0 cm³/mol. The number of ether oxygens (including phenoxy) is 1. The minimum atomic E-state index is -1.00. The second-order valence-corrected chi connectivity index (χ2v) is 4.63. The van der Waals surface area contributed by atoms with Crippen molar-refractivity contribution in [1.29, 1.82) is 0 Å². The fourth-order valence-corrected chi connectivity index (χ4v) is 1.61. The Labute approximate surface area is 106 Å². The molecule has 0 atom stereocenters. The Hall–Kier alpha value is -1.62. The zero-order valence-electron chi connectivity index (χ0n) is 10.5. The molecule has 2 rings (SSSR count). The van der Waals surface area contributed by atoms with Crippen LogP contribution in [0.3, 0.4) is 0 Å². The van der Waals surface area contributed by atoms with Gasteiger partial charge in [-0.25, -0.2) is 9.78 Å². The predicted octanol–water partition coefficient (Wildman–Crippen LogP) is 1.64. The second-order valence-electron chi connectivity index (χ2n) is 4.63. The van der Waals surface area contributed by atoms with Gasteiger partial charge in [-0.05, 0) is 30.9 Å². The first-order valence-electron chi connectivity index (χ1n) is 6.16. The van der Waals surface area contributed by atoms with E-state index in [1.165, 1.54) is 18.9 Å².